The van der Waals surface area contributed by atoms with E-state index in [-0.39, 0.29) is 18.2 Å². The van der Waals surface area contributed by atoms with Crippen LogP contribution in [0.4, 0.5) is 5.69 Å². The molecule has 0 spiro atoms. The van der Waals surface area contributed by atoms with Crippen LogP contribution in [0.15, 0.2) is 24.3 Å². The Morgan fingerprint density at radius 2 is 1.64 bits per heavy atom. The number of amides is 2. The summed E-state index contributed by atoms with van der Waals surface area (Å²) in [6.45, 7) is 5.84. The topological polar surface area (TPSA) is 49.4 Å². The molecule has 0 radical (unpaired) electrons. The minimum absolute atomic E-state index is 0.0572. The Bertz CT molecular complexity index is 500. The quantitative estimate of drug-likeness (QED) is 0.865. The van der Waals surface area contributed by atoms with Gasteiger partial charge in [0.1, 0.15) is 6.42 Å². The van der Waals surface area contributed by atoms with Crippen molar-refractivity contribution < 1.29 is 9.59 Å². The minimum Gasteiger partial charge on any atom is -0.342 e. The molecule has 1 aliphatic rings. The lowest BCUT2D eigenvalue weighted by Crippen LogP contribution is -2.34. The predicted octanol–water partition coefficient (Wildman–Crippen LogP) is 3.54. The number of hydrogen-bond donors (Lipinski definition) is 1. The molecule has 4 nitrogen and oxygen atoms in total. The monoisotopic (exact) mass is 302 g/mol. The molecule has 0 unspecified atom stereocenters. The van der Waals surface area contributed by atoms with Crippen LogP contribution in [0, 0.1) is 0 Å². The standard InChI is InChI=1S/C18H26N2O2/c1-14(2)15-7-9-16(10-8-15)19-17(21)13-18(22)20-11-5-3-4-6-12-20/h7-10,14H,3-6,11-13H2,1-2H3,(H,19,21). The van der Waals surface area contributed by atoms with Crippen LogP contribution in [0.5, 0.6) is 0 Å². The number of rotatable bonds is 4. The maximum absolute atomic E-state index is 12.2. The van der Waals surface area contributed by atoms with Crippen LogP contribution >= 0.6 is 0 Å². The first-order valence-electron chi connectivity index (χ1n) is 8.24. The first-order chi connectivity index (χ1) is 10.6. The van der Waals surface area contributed by atoms with E-state index in [1.54, 1.807) is 0 Å². The zero-order valence-corrected chi connectivity index (χ0v) is 13.6. The normalized spacial score (nSPS) is 15.5. The molecule has 0 aliphatic carbocycles. The van der Waals surface area contributed by atoms with Crippen LogP contribution in [-0.4, -0.2) is 29.8 Å². The van der Waals surface area contributed by atoms with Gasteiger partial charge in [0.15, 0.2) is 0 Å². The van der Waals surface area contributed by atoms with Crippen molar-refractivity contribution in [3.8, 4) is 0 Å². The fourth-order valence-electron chi connectivity index (χ4n) is 2.73. The van der Waals surface area contributed by atoms with Crippen LogP contribution in [0.25, 0.3) is 0 Å². The Balaban J connectivity index is 1.85. The van der Waals surface area contributed by atoms with Crippen LogP contribution in [0.1, 0.15) is 57.4 Å². The van der Waals surface area contributed by atoms with Gasteiger partial charge in [0.25, 0.3) is 0 Å². The summed E-state index contributed by atoms with van der Waals surface area (Å²) in [7, 11) is 0. The van der Waals surface area contributed by atoms with Crippen molar-refractivity contribution >= 4 is 17.5 Å². The molecule has 1 aliphatic heterocycles. The molecular formula is C18H26N2O2. The molecule has 2 rings (SSSR count). The number of likely N-dealkylation sites (tertiary alicyclic amines) is 1. The van der Waals surface area contributed by atoms with E-state index in [0.717, 1.165) is 31.6 Å². The average molecular weight is 302 g/mol. The molecule has 1 fully saturated rings. The molecule has 0 saturated carbocycles. The summed E-state index contributed by atoms with van der Waals surface area (Å²) in [6.07, 6.45) is 4.39. The molecule has 0 bridgehead atoms. The van der Waals surface area contributed by atoms with Gasteiger partial charge in [0.2, 0.25) is 11.8 Å². The summed E-state index contributed by atoms with van der Waals surface area (Å²) in [4.78, 5) is 26.0. The smallest absolute Gasteiger partial charge is 0.233 e. The van der Waals surface area contributed by atoms with Gasteiger partial charge in [-0.1, -0.05) is 38.8 Å². The third-order valence-corrected chi connectivity index (χ3v) is 4.13. The highest BCUT2D eigenvalue weighted by atomic mass is 16.2. The molecule has 4 heteroatoms. The van der Waals surface area contributed by atoms with Crippen molar-refractivity contribution in [1.29, 1.82) is 0 Å². The Morgan fingerprint density at radius 1 is 1.05 bits per heavy atom. The van der Waals surface area contributed by atoms with Crippen molar-refractivity contribution in [3.05, 3.63) is 29.8 Å². The summed E-state index contributed by atoms with van der Waals surface area (Å²) in [6, 6.07) is 7.81. The maximum Gasteiger partial charge on any atom is 0.233 e. The predicted molar refractivity (Wildman–Crippen MR) is 88.8 cm³/mol. The molecule has 22 heavy (non-hydrogen) atoms. The van der Waals surface area contributed by atoms with E-state index in [0.29, 0.717) is 5.92 Å². The van der Waals surface area contributed by atoms with Gasteiger partial charge in [0, 0.05) is 18.8 Å². The Labute approximate surface area is 132 Å². The zero-order chi connectivity index (χ0) is 15.9. The molecule has 1 heterocycles. The lowest BCUT2D eigenvalue weighted by molar-refractivity contribution is -0.134. The van der Waals surface area contributed by atoms with Gasteiger partial charge < -0.3 is 10.2 Å². The van der Waals surface area contributed by atoms with Crippen molar-refractivity contribution in [2.45, 2.75) is 51.9 Å². The fraction of sp³-hybridized carbons (Fsp3) is 0.556. The first-order valence-corrected chi connectivity index (χ1v) is 8.24. The van der Waals surface area contributed by atoms with Crippen LogP contribution in [-0.2, 0) is 9.59 Å². The van der Waals surface area contributed by atoms with Crippen molar-refractivity contribution in [3.63, 3.8) is 0 Å². The van der Waals surface area contributed by atoms with E-state index < -0.39 is 0 Å². The molecule has 1 aromatic rings. The maximum atomic E-state index is 12.2. The van der Waals surface area contributed by atoms with Gasteiger partial charge in [-0.25, -0.2) is 0 Å². The molecule has 1 saturated heterocycles. The lowest BCUT2D eigenvalue weighted by atomic mass is 10.0. The van der Waals surface area contributed by atoms with Crippen LogP contribution in [0.3, 0.4) is 0 Å². The van der Waals surface area contributed by atoms with Gasteiger partial charge >= 0.3 is 0 Å². The lowest BCUT2D eigenvalue weighted by Gasteiger charge is -2.20. The second-order valence-corrected chi connectivity index (χ2v) is 6.30. The number of nitrogens with zero attached hydrogens (tertiary/aromatic N) is 1. The van der Waals surface area contributed by atoms with E-state index in [2.05, 4.69) is 19.2 Å². The number of hydrogen-bond acceptors (Lipinski definition) is 2. The third kappa shape index (κ3) is 4.86. The van der Waals surface area contributed by atoms with E-state index in [1.807, 2.05) is 29.2 Å². The van der Waals surface area contributed by atoms with E-state index in [9.17, 15) is 9.59 Å². The van der Waals surface area contributed by atoms with Crippen LogP contribution in [0.2, 0.25) is 0 Å². The SMILES string of the molecule is CC(C)c1ccc(NC(=O)CC(=O)N2CCCCCC2)cc1. The Kier molecular flexibility index (Phi) is 5.99. The summed E-state index contributed by atoms with van der Waals surface area (Å²) in [5.41, 5.74) is 1.98. The Morgan fingerprint density at radius 3 is 2.18 bits per heavy atom. The second kappa shape index (κ2) is 7.97. The number of carbonyl (C=O) groups is 2. The molecule has 1 aromatic carbocycles. The zero-order valence-electron chi connectivity index (χ0n) is 13.6. The average Bonchev–Trinajstić information content (AvgIpc) is 2.76. The molecule has 2 amide bonds. The van der Waals surface area contributed by atoms with Gasteiger partial charge in [0.05, 0.1) is 0 Å². The molecular weight excluding hydrogens is 276 g/mol. The highest BCUT2D eigenvalue weighted by Crippen LogP contribution is 2.17. The first kappa shape index (κ1) is 16.5. The third-order valence-electron chi connectivity index (χ3n) is 4.13. The van der Waals surface area contributed by atoms with E-state index in [4.69, 9.17) is 0 Å². The second-order valence-electron chi connectivity index (χ2n) is 6.30. The molecule has 1 N–H and O–H groups in total. The number of benzene rings is 1. The highest BCUT2D eigenvalue weighted by Gasteiger charge is 2.18. The minimum atomic E-state index is -0.230. The van der Waals surface area contributed by atoms with E-state index in [1.165, 1.54) is 18.4 Å². The number of carbonyl (C=O) groups excluding carboxylic acids is 2. The highest BCUT2D eigenvalue weighted by molar-refractivity contribution is 6.03. The summed E-state index contributed by atoms with van der Waals surface area (Å²) in [5.74, 6) is 0.180. The number of anilines is 1. The van der Waals surface area contributed by atoms with Gasteiger partial charge in [-0.15, -0.1) is 0 Å². The van der Waals surface area contributed by atoms with Crippen molar-refractivity contribution in [2.24, 2.45) is 0 Å². The van der Waals surface area contributed by atoms with E-state index >= 15 is 0 Å². The van der Waals surface area contributed by atoms with Gasteiger partial charge in [-0.05, 0) is 36.5 Å². The summed E-state index contributed by atoms with van der Waals surface area (Å²) in [5, 5.41) is 2.81. The number of nitrogens with one attached hydrogen (secondary N) is 1. The van der Waals surface area contributed by atoms with Crippen molar-refractivity contribution in [1.82, 2.24) is 4.90 Å². The summed E-state index contributed by atoms with van der Waals surface area (Å²) < 4.78 is 0. The fourth-order valence-corrected chi connectivity index (χ4v) is 2.73. The van der Waals surface area contributed by atoms with Crippen LogP contribution < -0.4 is 5.32 Å². The largest absolute Gasteiger partial charge is 0.342 e. The molecule has 0 aromatic heterocycles. The van der Waals surface area contributed by atoms with Gasteiger partial charge in [-0.2, -0.15) is 0 Å². The molecule has 0 atom stereocenters. The Hall–Kier alpha value is -1.84. The summed E-state index contributed by atoms with van der Waals surface area (Å²) >= 11 is 0. The van der Waals surface area contributed by atoms with Gasteiger partial charge in [-0.3, -0.25) is 9.59 Å². The van der Waals surface area contributed by atoms with Crippen molar-refractivity contribution in [2.75, 3.05) is 18.4 Å². The molecule has 120 valence electrons.